The lowest BCUT2D eigenvalue weighted by molar-refractivity contribution is 0.136. The molecule has 1 fully saturated rings. The summed E-state index contributed by atoms with van der Waals surface area (Å²) in [6.45, 7) is 10.1. The predicted molar refractivity (Wildman–Crippen MR) is 122 cm³/mol. The van der Waals surface area contributed by atoms with Gasteiger partial charge in [0, 0.05) is 31.9 Å². The van der Waals surface area contributed by atoms with Crippen molar-refractivity contribution < 1.29 is 13.9 Å². The van der Waals surface area contributed by atoms with Crippen molar-refractivity contribution in [3.05, 3.63) is 53.9 Å². The molecule has 7 nitrogen and oxygen atoms in total. The first-order chi connectivity index (χ1) is 14.8. The molecule has 2 heterocycles. The van der Waals surface area contributed by atoms with Crippen LogP contribution in [0.15, 0.2) is 46.9 Å². The summed E-state index contributed by atoms with van der Waals surface area (Å²) in [5.41, 5.74) is 3.81. The first kappa shape index (κ1) is 21.2. The number of methoxy groups -OCH3 is 1. The number of aromatic nitrogens is 1. The zero-order valence-corrected chi connectivity index (χ0v) is 18.6. The highest BCUT2D eigenvalue weighted by molar-refractivity contribution is 5.89. The average molecular weight is 423 g/mol. The Morgan fingerprint density at radius 3 is 2.45 bits per heavy atom. The van der Waals surface area contributed by atoms with Crippen LogP contribution in [0.4, 0.5) is 10.5 Å². The number of carbonyl (C=O) groups excluding carboxylic acids is 1. The molecule has 1 aliphatic heterocycles. The van der Waals surface area contributed by atoms with Crippen molar-refractivity contribution >= 4 is 22.8 Å². The van der Waals surface area contributed by atoms with Crippen molar-refractivity contribution in [3.63, 3.8) is 0 Å². The number of hydrogen-bond acceptors (Lipinski definition) is 5. The second kappa shape index (κ2) is 8.59. The Hall–Kier alpha value is -3.06. The van der Waals surface area contributed by atoms with Crippen molar-refractivity contribution in [2.24, 2.45) is 0 Å². The summed E-state index contributed by atoms with van der Waals surface area (Å²) >= 11 is 0. The number of fused-ring (bicyclic) bond motifs is 1. The van der Waals surface area contributed by atoms with E-state index in [1.807, 2.05) is 35.2 Å². The summed E-state index contributed by atoms with van der Waals surface area (Å²) in [5, 5.41) is 2.94. The maximum absolute atomic E-state index is 12.6. The van der Waals surface area contributed by atoms with Crippen LogP contribution >= 0.6 is 0 Å². The number of oxazole rings is 1. The Kier molecular flexibility index (Phi) is 5.87. The highest BCUT2D eigenvalue weighted by Crippen LogP contribution is 2.26. The van der Waals surface area contributed by atoms with Crippen LogP contribution in [-0.4, -0.2) is 54.1 Å². The van der Waals surface area contributed by atoms with Crippen molar-refractivity contribution in [1.82, 2.24) is 14.8 Å². The SMILES string of the molecule is COc1ccc(NC(=O)N2CCN(Cc3nc4cc(C(C)(C)C)ccc4o3)CC2)cc1. The highest BCUT2D eigenvalue weighted by atomic mass is 16.5. The Balaban J connectivity index is 1.32. The highest BCUT2D eigenvalue weighted by Gasteiger charge is 2.23. The summed E-state index contributed by atoms with van der Waals surface area (Å²) in [6, 6.07) is 13.5. The van der Waals surface area contributed by atoms with E-state index in [1.54, 1.807) is 7.11 Å². The molecule has 164 valence electrons. The molecule has 31 heavy (non-hydrogen) atoms. The van der Waals surface area contributed by atoms with Gasteiger partial charge in [-0.25, -0.2) is 9.78 Å². The molecule has 0 spiro atoms. The van der Waals surface area contributed by atoms with E-state index in [-0.39, 0.29) is 11.4 Å². The fraction of sp³-hybridized carbons (Fsp3) is 0.417. The average Bonchev–Trinajstić information content (AvgIpc) is 3.15. The number of piperazine rings is 1. The second-order valence-electron chi connectivity index (χ2n) is 8.96. The van der Waals surface area contributed by atoms with E-state index in [4.69, 9.17) is 14.1 Å². The zero-order chi connectivity index (χ0) is 22.0. The summed E-state index contributed by atoms with van der Waals surface area (Å²) in [7, 11) is 1.62. The smallest absolute Gasteiger partial charge is 0.321 e. The summed E-state index contributed by atoms with van der Waals surface area (Å²) in [5.74, 6) is 1.48. The number of benzene rings is 2. The number of anilines is 1. The predicted octanol–water partition coefficient (Wildman–Crippen LogP) is 4.48. The molecule has 1 aromatic heterocycles. The molecule has 3 aromatic rings. The van der Waals surface area contributed by atoms with Gasteiger partial charge in [0.15, 0.2) is 5.58 Å². The van der Waals surface area contributed by atoms with Gasteiger partial charge in [0.2, 0.25) is 5.89 Å². The fourth-order valence-corrected chi connectivity index (χ4v) is 3.69. The van der Waals surface area contributed by atoms with Crippen molar-refractivity contribution in [2.75, 3.05) is 38.6 Å². The van der Waals surface area contributed by atoms with Crippen LogP contribution in [0.5, 0.6) is 5.75 Å². The molecule has 1 saturated heterocycles. The topological polar surface area (TPSA) is 70.8 Å². The van der Waals surface area contributed by atoms with E-state index in [0.717, 1.165) is 41.5 Å². The Labute approximate surface area is 183 Å². The van der Waals surface area contributed by atoms with Crippen LogP contribution in [0.25, 0.3) is 11.1 Å². The Morgan fingerprint density at radius 2 is 1.81 bits per heavy atom. The third kappa shape index (κ3) is 4.99. The number of nitrogens with zero attached hydrogens (tertiary/aromatic N) is 3. The number of ether oxygens (including phenoxy) is 1. The van der Waals surface area contributed by atoms with Gasteiger partial charge in [-0.2, -0.15) is 0 Å². The fourth-order valence-electron chi connectivity index (χ4n) is 3.69. The van der Waals surface area contributed by atoms with Gasteiger partial charge in [-0.1, -0.05) is 26.8 Å². The van der Waals surface area contributed by atoms with E-state index < -0.39 is 0 Å². The van der Waals surface area contributed by atoms with Crippen molar-refractivity contribution in [1.29, 1.82) is 0 Å². The van der Waals surface area contributed by atoms with Gasteiger partial charge in [-0.15, -0.1) is 0 Å². The molecule has 7 heteroatoms. The maximum Gasteiger partial charge on any atom is 0.321 e. The molecule has 2 aromatic carbocycles. The van der Waals surface area contributed by atoms with Crippen LogP contribution in [-0.2, 0) is 12.0 Å². The minimum Gasteiger partial charge on any atom is -0.497 e. The zero-order valence-electron chi connectivity index (χ0n) is 18.6. The molecule has 1 aliphatic rings. The molecule has 0 atom stereocenters. The van der Waals surface area contributed by atoms with Gasteiger partial charge in [-0.05, 0) is 47.4 Å². The lowest BCUT2D eigenvalue weighted by Gasteiger charge is -2.34. The number of hydrogen-bond donors (Lipinski definition) is 1. The van der Waals surface area contributed by atoms with Crippen LogP contribution in [0, 0.1) is 0 Å². The number of nitrogens with one attached hydrogen (secondary N) is 1. The summed E-state index contributed by atoms with van der Waals surface area (Å²) < 4.78 is 11.1. The molecular formula is C24H30N4O3. The molecule has 0 aliphatic carbocycles. The minimum atomic E-state index is -0.0820. The van der Waals surface area contributed by atoms with E-state index in [9.17, 15) is 4.79 Å². The third-order valence-electron chi connectivity index (χ3n) is 5.66. The second-order valence-corrected chi connectivity index (χ2v) is 8.96. The third-order valence-corrected chi connectivity index (χ3v) is 5.66. The quantitative estimate of drug-likeness (QED) is 0.671. The number of urea groups is 1. The summed E-state index contributed by atoms with van der Waals surface area (Å²) in [4.78, 5) is 21.4. The van der Waals surface area contributed by atoms with Crippen molar-refractivity contribution in [3.8, 4) is 5.75 Å². The number of rotatable bonds is 4. The molecule has 0 unspecified atom stereocenters. The van der Waals surface area contributed by atoms with E-state index in [2.05, 4.69) is 43.1 Å². The molecule has 0 bridgehead atoms. The summed E-state index contributed by atoms with van der Waals surface area (Å²) in [6.07, 6.45) is 0. The largest absolute Gasteiger partial charge is 0.497 e. The molecule has 0 radical (unpaired) electrons. The monoisotopic (exact) mass is 422 g/mol. The van der Waals surface area contributed by atoms with Gasteiger partial charge in [0.1, 0.15) is 11.3 Å². The first-order valence-electron chi connectivity index (χ1n) is 10.6. The van der Waals surface area contributed by atoms with Gasteiger partial charge in [0.25, 0.3) is 0 Å². The number of carbonyl (C=O) groups is 1. The van der Waals surface area contributed by atoms with Crippen molar-refractivity contribution in [2.45, 2.75) is 32.7 Å². The van der Waals surface area contributed by atoms with E-state index in [0.29, 0.717) is 19.6 Å². The molecule has 4 rings (SSSR count). The van der Waals surface area contributed by atoms with Crippen LogP contribution in [0.2, 0.25) is 0 Å². The normalized spacial score (nSPS) is 15.3. The van der Waals surface area contributed by atoms with Crippen LogP contribution in [0.3, 0.4) is 0 Å². The van der Waals surface area contributed by atoms with Crippen LogP contribution in [0.1, 0.15) is 32.2 Å². The van der Waals surface area contributed by atoms with Gasteiger partial charge >= 0.3 is 6.03 Å². The van der Waals surface area contributed by atoms with Gasteiger partial charge < -0.3 is 19.4 Å². The van der Waals surface area contributed by atoms with E-state index in [1.165, 1.54) is 5.56 Å². The van der Waals surface area contributed by atoms with E-state index >= 15 is 0 Å². The number of amides is 2. The van der Waals surface area contributed by atoms with Gasteiger partial charge in [-0.3, -0.25) is 4.90 Å². The molecule has 1 N–H and O–H groups in total. The lowest BCUT2D eigenvalue weighted by Crippen LogP contribution is -2.49. The molecular weight excluding hydrogens is 392 g/mol. The minimum absolute atomic E-state index is 0.0794. The van der Waals surface area contributed by atoms with Crippen LogP contribution < -0.4 is 10.1 Å². The Morgan fingerprint density at radius 1 is 1.10 bits per heavy atom. The lowest BCUT2D eigenvalue weighted by atomic mass is 9.87. The standard InChI is InChI=1S/C24H30N4O3/c1-24(2,3)17-5-10-21-20(15-17)26-22(31-21)16-27-11-13-28(14-12-27)23(29)25-18-6-8-19(30-4)9-7-18/h5-10,15H,11-14,16H2,1-4H3,(H,25,29). The maximum atomic E-state index is 12.6. The first-order valence-corrected chi connectivity index (χ1v) is 10.6. The molecule has 2 amide bonds. The Bertz CT molecular complexity index is 1040. The molecule has 0 saturated carbocycles. The van der Waals surface area contributed by atoms with Gasteiger partial charge in [0.05, 0.1) is 13.7 Å².